The number of nitrogens with one attached hydrogen (secondary N) is 3. The Morgan fingerprint density at radius 2 is 1.57 bits per heavy atom. The van der Waals surface area contributed by atoms with E-state index in [0.29, 0.717) is 50.2 Å². The van der Waals surface area contributed by atoms with E-state index in [4.69, 9.17) is 10.00 Å². The molecular formula is C30H40N4O6. The van der Waals surface area contributed by atoms with Crippen molar-refractivity contribution < 1.29 is 29.0 Å². The number of nitrogens with zero attached hydrogens (tertiary/aromatic N) is 1. The smallest absolute Gasteiger partial charge is 0.243 e. The number of carbonyl (C=O) groups is 4. The van der Waals surface area contributed by atoms with E-state index in [1.54, 1.807) is 31.2 Å². The normalized spacial score (nSPS) is 24.7. The van der Waals surface area contributed by atoms with Crippen LogP contribution in [0.25, 0.3) is 0 Å². The molecule has 1 saturated heterocycles. The van der Waals surface area contributed by atoms with Crippen LogP contribution in [-0.2, 0) is 30.3 Å². The van der Waals surface area contributed by atoms with Gasteiger partial charge in [-0.15, -0.1) is 0 Å². The topological polar surface area (TPSA) is 161 Å². The van der Waals surface area contributed by atoms with Crippen LogP contribution in [0.4, 0.5) is 0 Å². The van der Waals surface area contributed by atoms with Gasteiger partial charge in [-0.1, -0.05) is 37.8 Å². The molecular weight excluding hydrogens is 512 g/mol. The molecule has 3 aliphatic rings. The number of amides is 3. The summed E-state index contributed by atoms with van der Waals surface area (Å²) in [5.74, 6) is -1.27. The predicted octanol–water partition coefficient (Wildman–Crippen LogP) is 1.67. The van der Waals surface area contributed by atoms with E-state index in [2.05, 4.69) is 22.0 Å². The van der Waals surface area contributed by atoms with Gasteiger partial charge in [-0.25, -0.2) is 0 Å². The van der Waals surface area contributed by atoms with Gasteiger partial charge < -0.3 is 25.8 Å². The Morgan fingerprint density at radius 1 is 0.950 bits per heavy atom. The van der Waals surface area contributed by atoms with Gasteiger partial charge in [0.25, 0.3) is 0 Å². The molecule has 1 aromatic rings. The second-order valence-electron chi connectivity index (χ2n) is 11.5. The maximum Gasteiger partial charge on any atom is 0.243 e. The van der Waals surface area contributed by atoms with Gasteiger partial charge in [-0.05, 0) is 62.6 Å². The quantitative estimate of drug-likeness (QED) is 0.287. The van der Waals surface area contributed by atoms with Gasteiger partial charge in [-0.2, -0.15) is 5.26 Å². The standard InChI is InChI=1S/C30H40N4O6/c1-18(32-29(38)22-10-12-23(35)13-11-22)28(37)34-25(15-20-6-8-21(16-31)9-7-20)30(39)33-24(27(36)26-17-40-26)14-19-4-2-3-5-19/h6-9,18-19,22-26,35H,2-5,10-15,17H2,1H3,(H,32,38)(H,33,39)(H,34,37)/t18-,22?,23?,24+,25+,26-/m1/s1. The number of rotatable bonds is 12. The van der Waals surface area contributed by atoms with Crippen molar-refractivity contribution in [2.24, 2.45) is 11.8 Å². The van der Waals surface area contributed by atoms with Crippen LogP contribution in [0.1, 0.15) is 75.8 Å². The Morgan fingerprint density at radius 3 is 2.17 bits per heavy atom. The van der Waals surface area contributed by atoms with E-state index < -0.39 is 36.0 Å². The first-order valence-corrected chi connectivity index (χ1v) is 14.5. The fraction of sp³-hybridized carbons (Fsp3) is 0.633. The Balaban J connectivity index is 1.43. The molecule has 3 fully saturated rings. The van der Waals surface area contributed by atoms with E-state index in [1.807, 2.05) is 0 Å². The summed E-state index contributed by atoms with van der Waals surface area (Å²) in [7, 11) is 0. The number of ether oxygens (including phenoxy) is 1. The van der Waals surface area contributed by atoms with Crippen molar-refractivity contribution in [2.45, 2.75) is 101 Å². The number of nitriles is 1. The van der Waals surface area contributed by atoms with Crippen molar-refractivity contribution >= 4 is 23.5 Å². The molecule has 4 N–H and O–H groups in total. The monoisotopic (exact) mass is 552 g/mol. The Hall–Kier alpha value is -3.29. The molecule has 40 heavy (non-hydrogen) atoms. The van der Waals surface area contributed by atoms with Gasteiger partial charge in [0, 0.05) is 12.3 Å². The number of ketones is 1. The largest absolute Gasteiger partial charge is 0.393 e. The van der Waals surface area contributed by atoms with E-state index >= 15 is 0 Å². The summed E-state index contributed by atoms with van der Waals surface area (Å²) in [5, 5.41) is 27.3. The maximum atomic E-state index is 13.6. The lowest BCUT2D eigenvalue weighted by atomic mass is 9.87. The molecule has 2 aliphatic carbocycles. The van der Waals surface area contributed by atoms with E-state index in [-0.39, 0.29) is 30.1 Å². The fourth-order valence-electron chi connectivity index (χ4n) is 5.73. The minimum absolute atomic E-state index is 0.137. The minimum Gasteiger partial charge on any atom is -0.393 e. The molecule has 4 atom stereocenters. The first-order chi connectivity index (χ1) is 19.2. The zero-order valence-corrected chi connectivity index (χ0v) is 23.1. The predicted molar refractivity (Wildman–Crippen MR) is 146 cm³/mol. The van der Waals surface area contributed by atoms with Crippen LogP contribution < -0.4 is 16.0 Å². The minimum atomic E-state index is -0.997. The van der Waals surface area contributed by atoms with Gasteiger partial charge in [0.05, 0.1) is 30.4 Å². The van der Waals surface area contributed by atoms with Crippen molar-refractivity contribution in [2.75, 3.05) is 6.61 Å². The number of Topliss-reactive ketones (excluding diaryl/α,β-unsaturated/α-hetero) is 1. The third kappa shape index (κ3) is 8.35. The summed E-state index contributed by atoms with van der Waals surface area (Å²) in [5.41, 5.74) is 1.22. The summed E-state index contributed by atoms with van der Waals surface area (Å²) in [6.07, 6.45) is 6.32. The summed E-state index contributed by atoms with van der Waals surface area (Å²) in [4.78, 5) is 52.4. The Labute approximate surface area is 235 Å². The van der Waals surface area contributed by atoms with Gasteiger partial charge in [0.15, 0.2) is 5.78 Å². The van der Waals surface area contributed by atoms with Crippen LogP contribution in [0, 0.1) is 23.2 Å². The summed E-state index contributed by atoms with van der Waals surface area (Å²) in [6, 6.07) is 6.24. The number of benzene rings is 1. The lowest BCUT2D eigenvalue weighted by molar-refractivity contribution is -0.134. The fourth-order valence-corrected chi connectivity index (χ4v) is 5.73. The average Bonchev–Trinajstić information content (AvgIpc) is 3.68. The van der Waals surface area contributed by atoms with E-state index in [9.17, 15) is 24.3 Å². The van der Waals surface area contributed by atoms with E-state index in [0.717, 1.165) is 31.2 Å². The zero-order valence-electron chi connectivity index (χ0n) is 23.1. The van der Waals surface area contributed by atoms with Crippen LogP contribution >= 0.6 is 0 Å². The first kappa shape index (κ1) is 29.7. The van der Waals surface area contributed by atoms with E-state index in [1.165, 1.54) is 0 Å². The second kappa shape index (κ2) is 13.9. The Kier molecular flexibility index (Phi) is 10.3. The van der Waals surface area contributed by atoms with Crippen molar-refractivity contribution in [1.82, 2.24) is 16.0 Å². The van der Waals surface area contributed by atoms with Crippen molar-refractivity contribution in [3.05, 3.63) is 35.4 Å². The number of epoxide rings is 1. The van der Waals surface area contributed by atoms with Gasteiger partial charge in [0.2, 0.25) is 17.7 Å². The number of carbonyl (C=O) groups excluding carboxylic acids is 4. The molecule has 216 valence electrons. The highest BCUT2D eigenvalue weighted by Crippen LogP contribution is 2.30. The van der Waals surface area contributed by atoms with Crippen molar-refractivity contribution in [3.63, 3.8) is 0 Å². The maximum absolute atomic E-state index is 13.6. The molecule has 0 radical (unpaired) electrons. The van der Waals surface area contributed by atoms with Crippen LogP contribution in [0.15, 0.2) is 24.3 Å². The highest BCUT2D eigenvalue weighted by Gasteiger charge is 2.39. The van der Waals surface area contributed by atoms with Crippen molar-refractivity contribution in [1.29, 1.82) is 5.26 Å². The number of hydrogen-bond donors (Lipinski definition) is 4. The third-order valence-corrected chi connectivity index (χ3v) is 8.33. The molecule has 1 aliphatic heterocycles. The van der Waals surface area contributed by atoms with Gasteiger partial charge in [0.1, 0.15) is 18.2 Å². The van der Waals surface area contributed by atoms with Crippen molar-refractivity contribution in [3.8, 4) is 6.07 Å². The van der Waals surface area contributed by atoms with Crippen LogP contribution in [0.3, 0.4) is 0 Å². The molecule has 4 rings (SSSR count). The Bertz CT molecular complexity index is 1100. The molecule has 1 heterocycles. The molecule has 10 heteroatoms. The average molecular weight is 553 g/mol. The highest BCUT2D eigenvalue weighted by atomic mass is 16.6. The molecule has 3 amide bonds. The molecule has 10 nitrogen and oxygen atoms in total. The van der Waals surface area contributed by atoms with Crippen LogP contribution in [0.5, 0.6) is 0 Å². The van der Waals surface area contributed by atoms with Crippen LogP contribution in [0.2, 0.25) is 0 Å². The highest BCUT2D eigenvalue weighted by molar-refractivity contribution is 5.96. The lowest BCUT2D eigenvalue weighted by Gasteiger charge is -2.27. The number of aliphatic hydroxyl groups is 1. The third-order valence-electron chi connectivity index (χ3n) is 8.33. The SMILES string of the molecule is C[C@@H](NC(=O)C1CCC(O)CC1)C(=O)N[C@@H](Cc1ccc(C#N)cc1)C(=O)N[C@@H](CC1CCCC1)C(=O)[C@H]1CO1. The molecule has 0 unspecified atom stereocenters. The second-order valence-corrected chi connectivity index (χ2v) is 11.5. The summed E-state index contributed by atoms with van der Waals surface area (Å²) < 4.78 is 5.21. The molecule has 2 saturated carbocycles. The van der Waals surface area contributed by atoms with Gasteiger partial charge in [-0.3, -0.25) is 19.2 Å². The molecule has 0 aromatic heterocycles. The van der Waals surface area contributed by atoms with Crippen LogP contribution in [-0.4, -0.2) is 65.6 Å². The zero-order chi connectivity index (χ0) is 28.6. The van der Waals surface area contributed by atoms with Gasteiger partial charge >= 0.3 is 0 Å². The first-order valence-electron chi connectivity index (χ1n) is 14.5. The molecule has 0 spiro atoms. The summed E-state index contributed by atoms with van der Waals surface area (Å²) in [6.45, 7) is 1.93. The summed E-state index contributed by atoms with van der Waals surface area (Å²) >= 11 is 0. The number of hydrogen-bond acceptors (Lipinski definition) is 7. The number of aliphatic hydroxyl groups excluding tert-OH is 1. The lowest BCUT2D eigenvalue weighted by Crippen LogP contribution is -2.56. The molecule has 0 bridgehead atoms. The molecule has 1 aromatic carbocycles.